The molecule has 6 heteroatoms. The van der Waals surface area contributed by atoms with Gasteiger partial charge in [-0.2, -0.15) is 18.7 Å². The standard InChI is InChI=1S/C9H6F2N2O2/c10-7-4-8(13-9(11)12-7)15-5-6-2-1-3-14-6/h1-4H,5H2. The Morgan fingerprint density at radius 3 is 2.87 bits per heavy atom. The van der Waals surface area contributed by atoms with Crippen LogP contribution in [0.5, 0.6) is 5.88 Å². The fourth-order valence-corrected chi connectivity index (χ4v) is 0.984. The topological polar surface area (TPSA) is 48.2 Å². The fraction of sp³-hybridized carbons (Fsp3) is 0.111. The van der Waals surface area contributed by atoms with Gasteiger partial charge in [0.1, 0.15) is 12.4 Å². The maximum absolute atomic E-state index is 12.6. The highest BCUT2D eigenvalue weighted by Crippen LogP contribution is 2.10. The van der Waals surface area contributed by atoms with Gasteiger partial charge in [-0.25, -0.2) is 0 Å². The highest BCUT2D eigenvalue weighted by atomic mass is 19.1. The van der Waals surface area contributed by atoms with E-state index in [4.69, 9.17) is 9.15 Å². The zero-order chi connectivity index (χ0) is 10.7. The summed E-state index contributed by atoms with van der Waals surface area (Å²) in [6.45, 7) is 0.0584. The summed E-state index contributed by atoms with van der Waals surface area (Å²) in [6.07, 6.45) is 0.310. The number of furan rings is 1. The lowest BCUT2D eigenvalue weighted by Gasteiger charge is -2.02. The second kappa shape index (κ2) is 4.04. The molecular weight excluding hydrogens is 206 g/mol. The number of halogens is 2. The Balaban J connectivity index is 2.05. The SMILES string of the molecule is Fc1cc(OCc2ccco2)nc(F)n1. The molecule has 0 radical (unpaired) electrons. The third kappa shape index (κ3) is 2.49. The maximum Gasteiger partial charge on any atom is 0.314 e. The number of rotatable bonds is 3. The van der Waals surface area contributed by atoms with Gasteiger partial charge in [0.15, 0.2) is 0 Å². The number of hydrogen-bond donors (Lipinski definition) is 0. The van der Waals surface area contributed by atoms with E-state index in [0.29, 0.717) is 5.76 Å². The van der Waals surface area contributed by atoms with E-state index in [1.165, 1.54) is 6.26 Å². The highest BCUT2D eigenvalue weighted by molar-refractivity contribution is 5.07. The van der Waals surface area contributed by atoms with Crippen molar-refractivity contribution in [3.8, 4) is 5.88 Å². The van der Waals surface area contributed by atoms with Crippen LogP contribution in [0.25, 0.3) is 0 Å². The number of ether oxygens (including phenoxy) is 1. The van der Waals surface area contributed by atoms with Gasteiger partial charge in [0.2, 0.25) is 11.8 Å². The van der Waals surface area contributed by atoms with Crippen molar-refractivity contribution in [2.24, 2.45) is 0 Å². The molecule has 0 unspecified atom stereocenters. The molecule has 2 rings (SSSR count). The minimum atomic E-state index is -1.16. The summed E-state index contributed by atoms with van der Waals surface area (Å²) in [7, 11) is 0. The summed E-state index contributed by atoms with van der Waals surface area (Å²) < 4.78 is 35.1. The first-order valence-electron chi connectivity index (χ1n) is 4.09. The summed E-state index contributed by atoms with van der Waals surface area (Å²) in [6, 6.07) is 4.25. The van der Waals surface area contributed by atoms with E-state index in [0.717, 1.165) is 6.07 Å². The predicted octanol–water partition coefficient (Wildman–Crippen LogP) is 1.93. The molecule has 2 aromatic rings. The van der Waals surface area contributed by atoms with E-state index in [2.05, 4.69) is 9.97 Å². The van der Waals surface area contributed by atoms with Crippen LogP contribution in [-0.4, -0.2) is 9.97 Å². The minimum absolute atomic E-state index is 0.0584. The molecule has 0 fully saturated rings. The Hall–Kier alpha value is -1.98. The molecule has 15 heavy (non-hydrogen) atoms. The van der Waals surface area contributed by atoms with E-state index in [-0.39, 0.29) is 12.5 Å². The van der Waals surface area contributed by atoms with Crippen LogP contribution in [0.15, 0.2) is 28.9 Å². The van der Waals surface area contributed by atoms with Crippen molar-refractivity contribution in [3.63, 3.8) is 0 Å². The lowest BCUT2D eigenvalue weighted by atomic mass is 10.5. The molecule has 0 aliphatic carbocycles. The molecule has 0 saturated carbocycles. The Morgan fingerprint density at radius 1 is 1.33 bits per heavy atom. The Kier molecular flexibility index (Phi) is 2.57. The second-order valence-corrected chi connectivity index (χ2v) is 2.67. The third-order valence-electron chi connectivity index (χ3n) is 1.59. The first-order chi connectivity index (χ1) is 7.24. The molecule has 4 nitrogen and oxygen atoms in total. The average molecular weight is 212 g/mol. The Labute approximate surface area is 83.5 Å². The van der Waals surface area contributed by atoms with Gasteiger partial charge in [-0.05, 0) is 12.1 Å². The van der Waals surface area contributed by atoms with Crippen molar-refractivity contribution in [3.05, 3.63) is 42.2 Å². The molecule has 0 N–H and O–H groups in total. The van der Waals surface area contributed by atoms with Crippen LogP contribution in [0.1, 0.15) is 5.76 Å². The van der Waals surface area contributed by atoms with Gasteiger partial charge >= 0.3 is 6.08 Å². The molecule has 0 spiro atoms. The average Bonchev–Trinajstić information content (AvgIpc) is 2.65. The zero-order valence-electron chi connectivity index (χ0n) is 7.48. The number of aromatic nitrogens is 2. The normalized spacial score (nSPS) is 10.3. The Morgan fingerprint density at radius 2 is 2.20 bits per heavy atom. The monoisotopic (exact) mass is 212 g/mol. The minimum Gasteiger partial charge on any atom is -0.469 e. The van der Waals surface area contributed by atoms with Gasteiger partial charge in [0, 0.05) is 0 Å². The largest absolute Gasteiger partial charge is 0.469 e. The van der Waals surface area contributed by atoms with Gasteiger partial charge in [-0.3, -0.25) is 0 Å². The molecule has 0 aliphatic rings. The summed E-state index contributed by atoms with van der Waals surface area (Å²) in [4.78, 5) is 6.08. The second-order valence-electron chi connectivity index (χ2n) is 2.67. The van der Waals surface area contributed by atoms with Gasteiger partial charge in [0.25, 0.3) is 0 Å². The molecule has 0 atom stereocenters. The van der Waals surface area contributed by atoms with Crippen LogP contribution < -0.4 is 4.74 Å². The molecule has 0 aliphatic heterocycles. The van der Waals surface area contributed by atoms with Crippen molar-refractivity contribution in [1.82, 2.24) is 9.97 Å². The zero-order valence-corrected chi connectivity index (χ0v) is 7.48. The van der Waals surface area contributed by atoms with Crippen LogP contribution in [-0.2, 0) is 6.61 Å². The van der Waals surface area contributed by atoms with E-state index < -0.39 is 12.0 Å². The van der Waals surface area contributed by atoms with Crippen molar-refractivity contribution in [1.29, 1.82) is 0 Å². The van der Waals surface area contributed by atoms with E-state index in [9.17, 15) is 8.78 Å². The van der Waals surface area contributed by atoms with Crippen LogP contribution in [0.2, 0.25) is 0 Å². The molecule has 0 amide bonds. The summed E-state index contributed by atoms with van der Waals surface area (Å²) >= 11 is 0. The van der Waals surface area contributed by atoms with Crippen LogP contribution in [0, 0.1) is 12.0 Å². The Bertz CT molecular complexity index is 425. The van der Waals surface area contributed by atoms with Gasteiger partial charge in [-0.15, -0.1) is 0 Å². The fourth-order valence-electron chi connectivity index (χ4n) is 0.984. The molecular formula is C9H6F2N2O2. The number of hydrogen-bond acceptors (Lipinski definition) is 4. The maximum atomic E-state index is 12.6. The number of nitrogens with zero attached hydrogens (tertiary/aromatic N) is 2. The van der Waals surface area contributed by atoms with Crippen molar-refractivity contribution < 1.29 is 17.9 Å². The molecule has 2 heterocycles. The van der Waals surface area contributed by atoms with E-state index in [1.807, 2.05) is 0 Å². The molecule has 78 valence electrons. The van der Waals surface area contributed by atoms with Gasteiger partial charge in [-0.1, -0.05) is 0 Å². The summed E-state index contributed by atoms with van der Waals surface area (Å²) in [5.41, 5.74) is 0. The van der Waals surface area contributed by atoms with Gasteiger partial charge in [0.05, 0.1) is 12.3 Å². The van der Waals surface area contributed by atoms with Gasteiger partial charge < -0.3 is 9.15 Å². The van der Waals surface area contributed by atoms with E-state index in [1.54, 1.807) is 12.1 Å². The first-order valence-corrected chi connectivity index (χ1v) is 4.09. The smallest absolute Gasteiger partial charge is 0.314 e. The highest BCUT2D eigenvalue weighted by Gasteiger charge is 2.05. The third-order valence-corrected chi connectivity index (χ3v) is 1.59. The molecule has 0 saturated heterocycles. The summed E-state index contributed by atoms with van der Waals surface area (Å²) in [5, 5.41) is 0. The van der Waals surface area contributed by atoms with Crippen molar-refractivity contribution >= 4 is 0 Å². The van der Waals surface area contributed by atoms with Crippen LogP contribution >= 0.6 is 0 Å². The lowest BCUT2D eigenvalue weighted by Crippen LogP contribution is -2.00. The summed E-state index contributed by atoms with van der Waals surface area (Å²) in [5.74, 6) is -0.609. The van der Waals surface area contributed by atoms with Crippen LogP contribution in [0.3, 0.4) is 0 Å². The molecule has 2 aromatic heterocycles. The van der Waals surface area contributed by atoms with Crippen LogP contribution in [0.4, 0.5) is 8.78 Å². The van der Waals surface area contributed by atoms with Crippen molar-refractivity contribution in [2.75, 3.05) is 0 Å². The molecule has 0 aromatic carbocycles. The molecule has 0 bridgehead atoms. The van der Waals surface area contributed by atoms with E-state index >= 15 is 0 Å². The quantitative estimate of drug-likeness (QED) is 0.576. The predicted molar refractivity (Wildman–Crippen MR) is 45.0 cm³/mol. The van der Waals surface area contributed by atoms with Crippen molar-refractivity contribution in [2.45, 2.75) is 6.61 Å². The first kappa shape index (κ1) is 9.57. The lowest BCUT2D eigenvalue weighted by molar-refractivity contribution is 0.253.